The van der Waals surface area contributed by atoms with Crippen molar-refractivity contribution >= 4 is 6.09 Å². The average molecular weight is 244 g/mol. The summed E-state index contributed by atoms with van der Waals surface area (Å²) < 4.78 is 5.19. The molecule has 0 aromatic heterocycles. The van der Waals surface area contributed by atoms with Gasteiger partial charge in [-0.15, -0.1) is 0 Å². The molecular formula is C12H24N2O3. The van der Waals surface area contributed by atoms with E-state index >= 15 is 0 Å². The summed E-state index contributed by atoms with van der Waals surface area (Å²) in [6.07, 6.45) is 0.550. The zero-order chi connectivity index (χ0) is 13.2. The maximum absolute atomic E-state index is 11.6. The molecule has 2 N–H and O–H groups in total. The lowest BCUT2D eigenvalue weighted by Crippen LogP contribution is -2.38. The first-order valence-electron chi connectivity index (χ1n) is 6.03. The fourth-order valence-corrected chi connectivity index (χ4v) is 2.14. The molecule has 0 unspecified atom stereocenters. The number of amides is 1. The third-order valence-corrected chi connectivity index (χ3v) is 2.88. The fraction of sp³-hybridized carbons (Fsp3) is 0.917. The molecule has 1 amide bonds. The number of nitrogens with one attached hydrogen (secondary N) is 1. The largest absolute Gasteiger partial charge is 0.444 e. The highest BCUT2D eigenvalue weighted by Gasteiger charge is 2.35. The molecule has 0 bridgehead atoms. The number of aliphatic hydroxyl groups is 1. The van der Waals surface area contributed by atoms with Crippen molar-refractivity contribution < 1.29 is 14.6 Å². The average Bonchev–Trinajstić information content (AvgIpc) is 2.42. The van der Waals surface area contributed by atoms with Gasteiger partial charge in [-0.1, -0.05) is 0 Å². The molecule has 17 heavy (non-hydrogen) atoms. The van der Waals surface area contributed by atoms with E-state index in [1.807, 2.05) is 39.8 Å². The summed E-state index contributed by atoms with van der Waals surface area (Å²) >= 11 is 0. The topological polar surface area (TPSA) is 61.8 Å². The minimum Gasteiger partial charge on any atom is -0.444 e. The van der Waals surface area contributed by atoms with Crippen molar-refractivity contribution in [3.63, 3.8) is 0 Å². The highest BCUT2D eigenvalue weighted by Crippen LogP contribution is 2.23. The van der Waals surface area contributed by atoms with Crippen LogP contribution < -0.4 is 5.32 Å². The van der Waals surface area contributed by atoms with E-state index in [1.165, 1.54) is 0 Å². The molecule has 5 nitrogen and oxygen atoms in total. The SMILES string of the molecule is CN(C)[C@H]1C[C@@H](NC(=O)OC(C)(C)C)C[C@H]1O. The first kappa shape index (κ1) is 14.3. The molecular weight excluding hydrogens is 220 g/mol. The van der Waals surface area contributed by atoms with Gasteiger partial charge in [-0.25, -0.2) is 4.79 Å². The molecule has 3 atom stereocenters. The predicted octanol–water partition coefficient (Wildman–Crippen LogP) is 0.965. The van der Waals surface area contributed by atoms with Crippen LogP contribution in [0.4, 0.5) is 4.79 Å². The monoisotopic (exact) mass is 244 g/mol. The van der Waals surface area contributed by atoms with Crippen molar-refractivity contribution in [2.45, 2.75) is 57.4 Å². The van der Waals surface area contributed by atoms with Crippen LogP contribution in [0.1, 0.15) is 33.6 Å². The summed E-state index contributed by atoms with van der Waals surface area (Å²) in [5.74, 6) is 0. The Morgan fingerprint density at radius 3 is 2.35 bits per heavy atom. The van der Waals surface area contributed by atoms with Crippen LogP contribution >= 0.6 is 0 Å². The van der Waals surface area contributed by atoms with Gasteiger partial charge in [0.1, 0.15) is 5.60 Å². The summed E-state index contributed by atoms with van der Waals surface area (Å²) in [5, 5.41) is 12.6. The van der Waals surface area contributed by atoms with Gasteiger partial charge in [0.25, 0.3) is 0 Å². The number of nitrogens with zero attached hydrogens (tertiary/aromatic N) is 1. The van der Waals surface area contributed by atoms with E-state index in [2.05, 4.69) is 5.32 Å². The quantitative estimate of drug-likeness (QED) is 0.759. The van der Waals surface area contributed by atoms with E-state index in [0.29, 0.717) is 6.42 Å². The first-order chi connectivity index (χ1) is 7.69. The Morgan fingerprint density at radius 2 is 1.94 bits per heavy atom. The standard InChI is InChI=1S/C12H24N2O3/c1-12(2,3)17-11(16)13-8-6-9(14(4)5)10(15)7-8/h8-10,15H,6-7H2,1-5H3,(H,13,16)/t8-,9+,10-/m1/s1. The van der Waals surface area contributed by atoms with E-state index < -0.39 is 11.7 Å². The molecule has 0 aliphatic heterocycles. The van der Waals surface area contributed by atoms with Crippen molar-refractivity contribution in [2.24, 2.45) is 0 Å². The second-order valence-corrected chi connectivity index (χ2v) is 5.91. The van der Waals surface area contributed by atoms with Gasteiger partial charge in [0, 0.05) is 12.1 Å². The maximum atomic E-state index is 11.6. The van der Waals surface area contributed by atoms with Gasteiger partial charge >= 0.3 is 6.09 Å². The lowest BCUT2D eigenvalue weighted by Gasteiger charge is -2.23. The van der Waals surface area contributed by atoms with Crippen LogP contribution in [0.3, 0.4) is 0 Å². The Hall–Kier alpha value is -0.810. The summed E-state index contributed by atoms with van der Waals surface area (Å²) in [6.45, 7) is 5.50. The number of carbonyl (C=O) groups excluding carboxylic acids is 1. The van der Waals surface area contributed by atoms with E-state index in [9.17, 15) is 9.90 Å². The van der Waals surface area contributed by atoms with Crippen LogP contribution in [0.5, 0.6) is 0 Å². The van der Waals surface area contributed by atoms with Gasteiger partial charge in [0.05, 0.1) is 6.10 Å². The molecule has 100 valence electrons. The molecule has 0 heterocycles. The normalized spacial score (nSPS) is 29.5. The lowest BCUT2D eigenvalue weighted by molar-refractivity contribution is 0.0502. The molecule has 0 spiro atoms. The zero-order valence-corrected chi connectivity index (χ0v) is 11.4. The Balaban J connectivity index is 2.42. The van der Waals surface area contributed by atoms with Gasteiger partial charge in [0.15, 0.2) is 0 Å². The number of alkyl carbamates (subject to hydrolysis) is 1. The van der Waals surface area contributed by atoms with Gasteiger partial charge < -0.3 is 20.1 Å². The number of hydrogen-bond acceptors (Lipinski definition) is 4. The molecule has 1 saturated carbocycles. The van der Waals surface area contributed by atoms with E-state index in [-0.39, 0.29) is 18.2 Å². The van der Waals surface area contributed by atoms with Crippen LogP contribution in [-0.2, 0) is 4.74 Å². The lowest BCUT2D eigenvalue weighted by atomic mass is 10.2. The van der Waals surface area contributed by atoms with E-state index in [1.54, 1.807) is 0 Å². The smallest absolute Gasteiger partial charge is 0.407 e. The molecule has 1 fully saturated rings. The van der Waals surface area contributed by atoms with Crippen LogP contribution in [0.2, 0.25) is 0 Å². The molecule has 1 rings (SSSR count). The summed E-state index contributed by atoms with van der Waals surface area (Å²) in [5.41, 5.74) is -0.484. The summed E-state index contributed by atoms with van der Waals surface area (Å²) in [7, 11) is 3.87. The van der Waals surface area contributed by atoms with Crippen LogP contribution in [0.15, 0.2) is 0 Å². The molecule has 5 heteroatoms. The number of aliphatic hydroxyl groups excluding tert-OH is 1. The van der Waals surface area contributed by atoms with Crippen molar-refractivity contribution in [1.29, 1.82) is 0 Å². The second-order valence-electron chi connectivity index (χ2n) is 5.91. The van der Waals surface area contributed by atoms with Crippen molar-refractivity contribution in [2.75, 3.05) is 14.1 Å². The van der Waals surface area contributed by atoms with Crippen LogP contribution in [0.25, 0.3) is 0 Å². The van der Waals surface area contributed by atoms with E-state index in [4.69, 9.17) is 4.74 Å². The molecule has 0 aromatic carbocycles. The third kappa shape index (κ3) is 4.52. The number of hydrogen-bond donors (Lipinski definition) is 2. The maximum Gasteiger partial charge on any atom is 0.407 e. The molecule has 0 aromatic rings. The number of ether oxygens (including phenoxy) is 1. The first-order valence-corrected chi connectivity index (χ1v) is 6.03. The van der Waals surface area contributed by atoms with Gasteiger partial charge in [-0.3, -0.25) is 0 Å². The predicted molar refractivity (Wildman–Crippen MR) is 65.9 cm³/mol. The van der Waals surface area contributed by atoms with Crippen LogP contribution in [-0.4, -0.2) is 54.0 Å². The highest BCUT2D eigenvalue weighted by molar-refractivity contribution is 5.68. The minimum absolute atomic E-state index is 0.00718. The van der Waals surface area contributed by atoms with Crippen molar-refractivity contribution in [1.82, 2.24) is 10.2 Å². The van der Waals surface area contributed by atoms with Gasteiger partial charge in [0.2, 0.25) is 0 Å². The van der Waals surface area contributed by atoms with E-state index in [0.717, 1.165) is 6.42 Å². The number of carbonyl (C=O) groups is 1. The number of likely N-dealkylation sites (N-methyl/N-ethyl adjacent to an activating group) is 1. The molecule has 1 aliphatic carbocycles. The number of rotatable bonds is 2. The van der Waals surface area contributed by atoms with Gasteiger partial charge in [-0.2, -0.15) is 0 Å². The second kappa shape index (κ2) is 5.23. The molecule has 1 aliphatic rings. The Bertz CT molecular complexity index is 273. The Morgan fingerprint density at radius 1 is 1.35 bits per heavy atom. The zero-order valence-electron chi connectivity index (χ0n) is 11.4. The molecule has 0 saturated heterocycles. The van der Waals surface area contributed by atoms with Crippen molar-refractivity contribution in [3.05, 3.63) is 0 Å². The molecule has 0 radical (unpaired) electrons. The Labute approximate surface area is 103 Å². The van der Waals surface area contributed by atoms with Crippen molar-refractivity contribution in [3.8, 4) is 0 Å². The summed E-state index contributed by atoms with van der Waals surface area (Å²) in [6, 6.07) is 0.0992. The highest BCUT2D eigenvalue weighted by atomic mass is 16.6. The van der Waals surface area contributed by atoms with Gasteiger partial charge in [-0.05, 0) is 47.7 Å². The van der Waals surface area contributed by atoms with Crippen LogP contribution in [0, 0.1) is 0 Å². The Kier molecular flexibility index (Phi) is 4.38. The minimum atomic E-state index is -0.484. The summed E-state index contributed by atoms with van der Waals surface area (Å²) in [4.78, 5) is 13.6. The third-order valence-electron chi connectivity index (χ3n) is 2.88. The fourth-order valence-electron chi connectivity index (χ4n) is 2.14.